The number of hydrogen-bond donors (Lipinski definition) is 2. The van der Waals surface area contributed by atoms with Crippen molar-refractivity contribution in [3.05, 3.63) is 58.1 Å². The predicted molar refractivity (Wildman–Crippen MR) is 91.6 cm³/mol. The highest BCUT2D eigenvalue weighted by molar-refractivity contribution is 7.92. The van der Waals surface area contributed by atoms with Gasteiger partial charge in [-0.1, -0.05) is 23.7 Å². The summed E-state index contributed by atoms with van der Waals surface area (Å²) in [4.78, 5) is 11.8. The van der Waals surface area contributed by atoms with E-state index in [0.717, 1.165) is 0 Å². The third-order valence-corrected chi connectivity index (χ3v) is 5.28. The van der Waals surface area contributed by atoms with Crippen LogP contribution in [0.2, 0.25) is 5.02 Å². The number of benzene rings is 2. The lowest BCUT2D eigenvalue weighted by atomic mass is 10.1. The molecule has 0 aliphatic heterocycles. The Morgan fingerprint density at radius 3 is 2.48 bits per heavy atom. The van der Waals surface area contributed by atoms with E-state index in [1.807, 2.05) is 0 Å². The van der Waals surface area contributed by atoms with E-state index in [9.17, 15) is 13.2 Å². The Balaban J connectivity index is 2.44. The molecule has 2 aromatic rings. The van der Waals surface area contributed by atoms with Gasteiger partial charge in [-0.15, -0.1) is 0 Å². The monoisotopic (exact) mass is 352 g/mol. The van der Waals surface area contributed by atoms with E-state index in [2.05, 4.69) is 10.0 Å². The van der Waals surface area contributed by atoms with Crippen molar-refractivity contribution in [3.63, 3.8) is 0 Å². The molecule has 0 saturated heterocycles. The van der Waals surface area contributed by atoms with Gasteiger partial charge in [-0.25, -0.2) is 8.42 Å². The van der Waals surface area contributed by atoms with Crippen molar-refractivity contribution in [2.45, 2.75) is 18.7 Å². The molecule has 2 aromatic carbocycles. The maximum atomic E-state index is 12.6. The van der Waals surface area contributed by atoms with Crippen molar-refractivity contribution < 1.29 is 13.2 Å². The van der Waals surface area contributed by atoms with Crippen LogP contribution in [0.5, 0.6) is 0 Å². The summed E-state index contributed by atoms with van der Waals surface area (Å²) in [6, 6.07) is 9.40. The minimum absolute atomic E-state index is 0.0149. The Morgan fingerprint density at radius 1 is 1.13 bits per heavy atom. The molecule has 1 amide bonds. The van der Waals surface area contributed by atoms with Gasteiger partial charge in [-0.3, -0.25) is 9.52 Å². The largest absolute Gasteiger partial charge is 0.355 e. The molecule has 0 aromatic heterocycles. The molecule has 0 atom stereocenters. The molecule has 7 heteroatoms. The lowest BCUT2D eigenvalue weighted by Gasteiger charge is -2.13. The molecule has 0 bridgehead atoms. The van der Waals surface area contributed by atoms with Crippen molar-refractivity contribution >= 4 is 33.2 Å². The number of sulfonamides is 1. The van der Waals surface area contributed by atoms with E-state index in [0.29, 0.717) is 27.4 Å². The Morgan fingerprint density at radius 2 is 1.83 bits per heavy atom. The number of hydrogen-bond acceptors (Lipinski definition) is 3. The zero-order valence-corrected chi connectivity index (χ0v) is 14.5. The molecule has 0 fully saturated rings. The second-order valence-electron chi connectivity index (χ2n) is 5.07. The average Bonchev–Trinajstić information content (AvgIpc) is 2.51. The number of aryl methyl sites for hydroxylation is 1. The lowest BCUT2D eigenvalue weighted by Crippen LogP contribution is -2.20. The molecule has 5 nitrogen and oxygen atoms in total. The Hall–Kier alpha value is -2.05. The number of rotatable bonds is 4. The first kappa shape index (κ1) is 17.3. The molecule has 0 aliphatic rings. The zero-order chi connectivity index (χ0) is 17.2. The SMILES string of the molecule is CNC(=O)c1cc(S(=O)(=O)Nc2cccc(Cl)c2C)ccc1C. The maximum Gasteiger partial charge on any atom is 0.261 e. The highest BCUT2D eigenvalue weighted by Gasteiger charge is 2.19. The van der Waals surface area contributed by atoms with Crippen LogP contribution in [-0.2, 0) is 10.0 Å². The minimum Gasteiger partial charge on any atom is -0.355 e. The summed E-state index contributed by atoms with van der Waals surface area (Å²) in [5, 5.41) is 2.97. The van der Waals surface area contributed by atoms with Gasteiger partial charge in [0, 0.05) is 17.6 Å². The van der Waals surface area contributed by atoms with Crippen LogP contribution in [0, 0.1) is 13.8 Å². The molecular formula is C16H17ClN2O3S. The van der Waals surface area contributed by atoms with Gasteiger partial charge in [0.2, 0.25) is 0 Å². The number of anilines is 1. The lowest BCUT2D eigenvalue weighted by molar-refractivity contribution is 0.0962. The van der Waals surface area contributed by atoms with E-state index in [-0.39, 0.29) is 10.8 Å². The van der Waals surface area contributed by atoms with Gasteiger partial charge in [0.25, 0.3) is 15.9 Å². The van der Waals surface area contributed by atoms with Crippen LogP contribution in [0.1, 0.15) is 21.5 Å². The number of carbonyl (C=O) groups excluding carboxylic acids is 1. The van der Waals surface area contributed by atoms with E-state index >= 15 is 0 Å². The van der Waals surface area contributed by atoms with Crippen LogP contribution >= 0.6 is 11.6 Å². The topological polar surface area (TPSA) is 75.3 Å². The summed E-state index contributed by atoms with van der Waals surface area (Å²) in [5.41, 5.74) is 2.05. The van der Waals surface area contributed by atoms with Crippen molar-refractivity contribution in [3.8, 4) is 0 Å². The zero-order valence-electron chi connectivity index (χ0n) is 13.0. The normalized spacial score (nSPS) is 11.1. The van der Waals surface area contributed by atoms with Crippen molar-refractivity contribution in [2.24, 2.45) is 0 Å². The molecule has 0 heterocycles. The average molecular weight is 353 g/mol. The quantitative estimate of drug-likeness (QED) is 0.887. The van der Waals surface area contributed by atoms with Gasteiger partial charge in [0.15, 0.2) is 0 Å². The maximum absolute atomic E-state index is 12.6. The van der Waals surface area contributed by atoms with Gasteiger partial charge in [-0.2, -0.15) is 0 Å². The summed E-state index contributed by atoms with van der Waals surface area (Å²) in [7, 11) is -2.33. The van der Waals surface area contributed by atoms with E-state index < -0.39 is 10.0 Å². The number of amides is 1. The fraction of sp³-hybridized carbons (Fsp3) is 0.188. The number of carbonyl (C=O) groups is 1. The smallest absolute Gasteiger partial charge is 0.261 e. The van der Waals surface area contributed by atoms with Gasteiger partial charge < -0.3 is 5.32 Å². The molecular weight excluding hydrogens is 336 g/mol. The van der Waals surface area contributed by atoms with Gasteiger partial charge in [-0.05, 0) is 49.2 Å². The summed E-state index contributed by atoms with van der Waals surface area (Å²) in [5.74, 6) is -0.335. The Labute approximate surface area is 140 Å². The van der Waals surface area contributed by atoms with Crippen LogP contribution in [0.25, 0.3) is 0 Å². The highest BCUT2D eigenvalue weighted by Crippen LogP contribution is 2.26. The molecule has 0 unspecified atom stereocenters. The van der Waals surface area contributed by atoms with Crippen molar-refractivity contribution in [2.75, 3.05) is 11.8 Å². The summed E-state index contributed by atoms with van der Waals surface area (Å²) < 4.78 is 27.6. The first-order valence-corrected chi connectivity index (χ1v) is 8.73. The molecule has 23 heavy (non-hydrogen) atoms. The second-order valence-corrected chi connectivity index (χ2v) is 7.16. The van der Waals surface area contributed by atoms with E-state index in [1.165, 1.54) is 19.2 Å². The van der Waals surface area contributed by atoms with Crippen LogP contribution < -0.4 is 10.0 Å². The molecule has 0 radical (unpaired) electrons. The van der Waals surface area contributed by atoms with Crippen LogP contribution in [0.4, 0.5) is 5.69 Å². The van der Waals surface area contributed by atoms with Crippen LogP contribution in [0.3, 0.4) is 0 Å². The molecule has 2 N–H and O–H groups in total. The first-order chi connectivity index (χ1) is 10.8. The number of nitrogens with one attached hydrogen (secondary N) is 2. The second kappa shape index (κ2) is 6.60. The molecule has 0 saturated carbocycles. The van der Waals surface area contributed by atoms with Gasteiger partial charge in [0.1, 0.15) is 0 Å². The van der Waals surface area contributed by atoms with Crippen LogP contribution in [-0.4, -0.2) is 21.4 Å². The molecule has 122 valence electrons. The van der Waals surface area contributed by atoms with E-state index in [4.69, 9.17) is 11.6 Å². The van der Waals surface area contributed by atoms with Crippen molar-refractivity contribution in [1.29, 1.82) is 0 Å². The van der Waals surface area contributed by atoms with E-state index in [1.54, 1.807) is 38.1 Å². The minimum atomic E-state index is -3.82. The van der Waals surface area contributed by atoms with Crippen LogP contribution in [0.15, 0.2) is 41.3 Å². The molecule has 0 aliphatic carbocycles. The number of halogens is 1. The van der Waals surface area contributed by atoms with Gasteiger partial charge in [0.05, 0.1) is 10.6 Å². The van der Waals surface area contributed by atoms with Crippen molar-refractivity contribution in [1.82, 2.24) is 5.32 Å². The highest BCUT2D eigenvalue weighted by atomic mass is 35.5. The summed E-state index contributed by atoms with van der Waals surface area (Å²) in [6.45, 7) is 3.47. The Kier molecular flexibility index (Phi) is 4.97. The Bertz CT molecular complexity index is 864. The third-order valence-electron chi connectivity index (χ3n) is 3.50. The predicted octanol–water partition coefficient (Wildman–Crippen LogP) is 3.12. The summed E-state index contributed by atoms with van der Waals surface area (Å²) in [6.07, 6.45) is 0. The standard InChI is InChI=1S/C16H17ClN2O3S/c1-10-7-8-12(9-13(10)16(20)18-3)23(21,22)19-15-6-4-5-14(17)11(15)2/h4-9,19H,1-3H3,(H,18,20). The molecule has 2 rings (SSSR count). The third kappa shape index (κ3) is 3.65. The fourth-order valence-corrected chi connectivity index (χ4v) is 3.39. The van der Waals surface area contributed by atoms with Gasteiger partial charge >= 0.3 is 0 Å². The first-order valence-electron chi connectivity index (χ1n) is 6.87. The fourth-order valence-electron chi connectivity index (χ4n) is 2.07. The molecule has 0 spiro atoms. The summed E-state index contributed by atoms with van der Waals surface area (Å²) >= 11 is 6.01.